The van der Waals surface area contributed by atoms with Gasteiger partial charge in [0.15, 0.2) is 6.10 Å². The molecule has 4 N–H and O–H groups in total. The number of rotatable bonds is 3. The fourth-order valence-corrected chi connectivity index (χ4v) is 0.443. The van der Waals surface area contributed by atoms with E-state index in [1.54, 1.807) is 0 Å². The number of halogens is 1. The minimum absolute atomic E-state index is 0.204. The van der Waals surface area contributed by atoms with E-state index in [1.807, 2.05) is 0 Å². The second-order valence-corrected chi connectivity index (χ2v) is 1.88. The molecule has 0 aliphatic heterocycles. The number of hydrogen-bond acceptors (Lipinski definition) is 3. The molecule has 0 aromatic heterocycles. The first-order chi connectivity index (χ1) is 4.09. The molecule has 4 nitrogen and oxygen atoms in total. The second kappa shape index (κ2) is 3.66. The van der Waals surface area contributed by atoms with E-state index >= 15 is 0 Å². The maximum atomic E-state index is 10.1. The molecule has 0 saturated carbocycles. The van der Waals surface area contributed by atoms with Gasteiger partial charge in [0.2, 0.25) is 5.91 Å². The lowest BCUT2D eigenvalue weighted by Gasteiger charge is -2.09. The summed E-state index contributed by atoms with van der Waals surface area (Å²) in [6, 6.07) is 0. The lowest BCUT2D eigenvalue weighted by molar-refractivity contribution is -0.130. The Labute approximate surface area is 57.2 Å². The van der Waals surface area contributed by atoms with E-state index < -0.39 is 18.1 Å². The highest BCUT2D eigenvalue weighted by Gasteiger charge is 2.19. The quantitative estimate of drug-likeness (QED) is 0.429. The van der Waals surface area contributed by atoms with Crippen LogP contribution in [0.15, 0.2) is 0 Å². The molecule has 0 saturated heterocycles. The number of nitrogens with two attached hydrogens (primary N) is 1. The minimum Gasteiger partial charge on any atom is -0.389 e. The van der Waals surface area contributed by atoms with Crippen LogP contribution < -0.4 is 5.73 Å². The summed E-state index contributed by atoms with van der Waals surface area (Å²) in [6.07, 6.45) is -2.81. The van der Waals surface area contributed by atoms with Gasteiger partial charge in [0.05, 0.1) is 5.88 Å². The zero-order chi connectivity index (χ0) is 7.44. The Hall–Kier alpha value is -0.320. The van der Waals surface area contributed by atoms with Gasteiger partial charge >= 0.3 is 0 Å². The van der Waals surface area contributed by atoms with Crippen molar-refractivity contribution >= 4 is 17.5 Å². The van der Waals surface area contributed by atoms with Gasteiger partial charge in [-0.15, -0.1) is 11.6 Å². The van der Waals surface area contributed by atoms with Crippen LogP contribution in [0.3, 0.4) is 0 Å². The molecule has 0 aromatic rings. The molecule has 0 heterocycles. The van der Waals surface area contributed by atoms with Crippen molar-refractivity contribution in [2.75, 3.05) is 5.88 Å². The minimum atomic E-state index is -1.55. The summed E-state index contributed by atoms with van der Waals surface area (Å²) < 4.78 is 0. The van der Waals surface area contributed by atoms with Crippen molar-refractivity contribution in [3.05, 3.63) is 0 Å². The number of carbonyl (C=O) groups is 1. The molecule has 0 aromatic carbocycles. The first-order valence-electron chi connectivity index (χ1n) is 2.31. The molecule has 0 aliphatic carbocycles. The highest BCUT2D eigenvalue weighted by atomic mass is 35.5. The molecule has 9 heavy (non-hydrogen) atoms. The smallest absolute Gasteiger partial charge is 0.249 e. The summed E-state index contributed by atoms with van der Waals surface area (Å²) >= 11 is 5.07. The molecule has 2 atom stereocenters. The van der Waals surface area contributed by atoms with Crippen LogP contribution in [0.25, 0.3) is 0 Å². The summed E-state index contributed by atoms with van der Waals surface area (Å²) in [4.78, 5) is 10.1. The zero-order valence-electron chi connectivity index (χ0n) is 4.62. The third-order valence-electron chi connectivity index (χ3n) is 0.814. The van der Waals surface area contributed by atoms with Crippen molar-refractivity contribution < 1.29 is 15.0 Å². The Morgan fingerprint density at radius 1 is 1.67 bits per heavy atom. The van der Waals surface area contributed by atoms with Crippen molar-refractivity contribution in [1.29, 1.82) is 0 Å². The van der Waals surface area contributed by atoms with Crippen molar-refractivity contribution in [3.63, 3.8) is 0 Å². The van der Waals surface area contributed by atoms with Crippen LogP contribution in [0.2, 0.25) is 0 Å². The van der Waals surface area contributed by atoms with E-state index in [-0.39, 0.29) is 5.88 Å². The van der Waals surface area contributed by atoms with E-state index in [4.69, 9.17) is 21.8 Å². The average Bonchev–Trinajstić information content (AvgIpc) is 1.84. The van der Waals surface area contributed by atoms with Crippen LogP contribution >= 0.6 is 11.6 Å². The van der Waals surface area contributed by atoms with Gasteiger partial charge in [0.1, 0.15) is 6.10 Å². The van der Waals surface area contributed by atoms with Gasteiger partial charge in [-0.05, 0) is 0 Å². The second-order valence-electron chi connectivity index (χ2n) is 1.57. The fourth-order valence-electron chi connectivity index (χ4n) is 0.274. The van der Waals surface area contributed by atoms with E-state index in [9.17, 15) is 4.79 Å². The molecule has 0 spiro atoms. The summed E-state index contributed by atoms with van der Waals surface area (Å²) in [5.74, 6) is -1.17. The Morgan fingerprint density at radius 2 is 2.11 bits per heavy atom. The maximum Gasteiger partial charge on any atom is 0.249 e. The van der Waals surface area contributed by atoms with Crippen molar-refractivity contribution in [3.8, 4) is 0 Å². The molecule has 0 aliphatic rings. The number of amides is 1. The van der Waals surface area contributed by atoms with Gasteiger partial charge in [0, 0.05) is 0 Å². The van der Waals surface area contributed by atoms with Gasteiger partial charge in [-0.2, -0.15) is 0 Å². The van der Waals surface area contributed by atoms with Gasteiger partial charge < -0.3 is 15.9 Å². The van der Waals surface area contributed by atoms with E-state index in [0.29, 0.717) is 0 Å². The molecule has 0 unspecified atom stereocenters. The molecular weight excluding hydrogens is 146 g/mol. The Bertz CT molecular complexity index is 108. The molecule has 0 rings (SSSR count). The number of carbonyl (C=O) groups excluding carboxylic acids is 1. The van der Waals surface area contributed by atoms with Crippen LogP contribution in [-0.4, -0.2) is 34.2 Å². The lowest BCUT2D eigenvalue weighted by atomic mass is 10.2. The van der Waals surface area contributed by atoms with Crippen molar-refractivity contribution in [1.82, 2.24) is 0 Å². The molecular formula is C4H8ClNO3. The predicted molar refractivity (Wildman–Crippen MR) is 31.9 cm³/mol. The number of alkyl halides is 1. The van der Waals surface area contributed by atoms with Gasteiger partial charge in [-0.1, -0.05) is 0 Å². The van der Waals surface area contributed by atoms with Crippen LogP contribution in [0.5, 0.6) is 0 Å². The molecule has 0 bridgehead atoms. The van der Waals surface area contributed by atoms with E-state index in [0.717, 1.165) is 0 Å². The normalized spacial score (nSPS) is 16.8. The number of primary amides is 1. The van der Waals surface area contributed by atoms with Crippen LogP contribution in [-0.2, 0) is 4.79 Å². The Kier molecular flexibility index (Phi) is 3.53. The van der Waals surface area contributed by atoms with Gasteiger partial charge in [0.25, 0.3) is 0 Å². The molecule has 54 valence electrons. The van der Waals surface area contributed by atoms with Crippen LogP contribution in [0.4, 0.5) is 0 Å². The van der Waals surface area contributed by atoms with E-state index in [1.165, 1.54) is 0 Å². The zero-order valence-corrected chi connectivity index (χ0v) is 5.38. The topological polar surface area (TPSA) is 83.6 Å². The highest BCUT2D eigenvalue weighted by molar-refractivity contribution is 6.18. The first-order valence-corrected chi connectivity index (χ1v) is 2.84. The Morgan fingerprint density at radius 3 is 2.22 bits per heavy atom. The van der Waals surface area contributed by atoms with Crippen LogP contribution in [0, 0.1) is 0 Å². The summed E-state index contributed by atoms with van der Waals surface area (Å²) in [7, 11) is 0. The van der Waals surface area contributed by atoms with Crippen molar-refractivity contribution in [2.45, 2.75) is 12.2 Å². The largest absolute Gasteiger partial charge is 0.389 e. The van der Waals surface area contributed by atoms with Crippen molar-refractivity contribution in [2.24, 2.45) is 5.73 Å². The van der Waals surface area contributed by atoms with Gasteiger partial charge in [-0.3, -0.25) is 4.79 Å². The highest BCUT2D eigenvalue weighted by Crippen LogP contribution is 1.94. The lowest BCUT2D eigenvalue weighted by Crippen LogP contribution is -2.39. The third-order valence-corrected chi connectivity index (χ3v) is 1.13. The first kappa shape index (κ1) is 8.68. The number of hydrogen-bond donors (Lipinski definition) is 3. The molecule has 0 radical (unpaired) electrons. The molecule has 5 heteroatoms. The van der Waals surface area contributed by atoms with Gasteiger partial charge in [-0.25, -0.2) is 0 Å². The number of aliphatic hydroxyl groups is 2. The molecule has 0 fully saturated rings. The third kappa shape index (κ3) is 2.64. The monoisotopic (exact) mass is 153 g/mol. The van der Waals surface area contributed by atoms with Crippen LogP contribution in [0.1, 0.15) is 0 Å². The van der Waals surface area contributed by atoms with E-state index in [2.05, 4.69) is 5.73 Å². The summed E-state index contributed by atoms with van der Waals surface area (Å²) in [5, 5.41) is 17.2. The SMILES string of the molecule is NC(=O)[C@H](O)[C@@H](O)CCl. The standard InChI is InChI=1S/C4H8ClNO3/c5-1-2(7)3(8)4(6)9/h2-3,7-8H,1H2,(H2,6,9)/t2-,3+/m0/s1. The summed E-state index contributed by atoms with van der Waals surface area (Å²) in [6.45, 7) is 0. The molecule has 1 amide bonds. The predicted octanol–water partition coefficient (Wildman–Crippen LogP) is -1.57. The summed E-state index contributed by atoms with van der Waals surface area (Å²) in [5.41, 5.74) is 4.60. The maximum absolute atomic E-state index is 10.1. The fraction of sp³-hybridized carbons (Fsp3) is 0.750. The average molecular weight is 154 g/mol. The Balaban J connectivity index is 3.72. The number of aliphatic hydroxyl groups excluding tert-OH is 2.